The number of guanidine groups is 1. The largest absolute Gasteiger partial charge is 0.424 e. The highest BCUT2D eigenvalue weighted by Gasteiger charge is 2.57. The molecule has 3 N–H and O–H groups in total. The Labute approximate surface area is 160 Å². The van der Waals surface area contributed by atoms with Crippen LogP contribution in [0.4, 0.5) is 17.6 Å². The molecule has 0 fully saturated rings. The molecule has 2 rings (SSSR count). The normalized spacial score (nSPS) is 14.6. The summed E-state index contributed by atoms with van der Waals surface area (Å²) in [6, 6.07) is 5.89. The van der Waals surface area contributed by atoms with Gasteiger partial charge in [0.2, 0.25) is 5.60 Å². The van der Waals surface area contributed by atoms with Crippen molar-refractivity contribution in [2.45, 2.75) is 31.7 Å². The number of rotatable bonds is 7. The Hall–Kier alpha value is -2.62. The molecule has 154 valence electrons. The maximum absolute atomic E-state index is 13.5. The SMILES string of the molecule is CCNC(=NCc1cccc(F)c1)NCCC(O)(c1nccn1C)C(F)(F)F. The van der Waals surface area contributed by atoms with Crippen molar-refractivity contribution in [1.82, 2.24) is 20.2 Å². The van der Waals surface area contributed by atoms with Crippen molar-refractivity contribution in [3.63, 3.8) is 0 Å². The molecule has 1 aromatic heterocycles. The molecule has 10 heteroatoms. The lowest BCUT2D eigenvalue weighted by molar-refractivity contribution is -0.272. The summed E-state index contributed by atoms with van der Waals surface area (Å²) >= 11 is 0. The molecule has 1 atom stereocenters. The molecule has 1 aromatic carbocycles. The van der Waals surface area contributed by atoms with E-state index in [1.165, 1.54) is 31.6 Å². The first kappa shape index (κ1) is 21.7. The van der Waals surface area contributed by atoms with E-state index < -0.39 is 29.8 Å². The highest BCUT2D eigenvalue weighted by atomic mass is 19.4. The van der Waals surface area contributed by atoms with Crippen LogP contribution in [0.2, 0.25) is 0 Å². The Balaban J connectivity index is 2.07. The fourth-order valence-electron chi connectivity index (χ4n) is 2.65. The van der Waals surface area contributed by atoms with Crippen LogP contribution in [0.15, 0.2) is 41.7 Å². The van der Waals surface area contributed by atoms with Crippen LogP contribution in [0.25, 0.3) is 0 Å². The predicted octanol–water partition coefficient (Wildman–Crippen LogP) is 2.45. The quantitative estimate of drug-likeness (QED) is 0.379. The highest BCUT2D eigenvalue weighted by Crippen LogP contribution is 2.40. The zero-order valence-electron chi connectivity index (χ0n) is 15.6. The van der Waals surface area contributed by atoms with Crippen molar-refractivity contribution in [2.75, 3.05) is 13.1 Å². The van der Waals surface area contributed by atoms with Gasteiger partial charge in [0.1, 0.15) is 11.6 Å². The van der Waals surface area contributed by atoms with E-state index in [-0.39, 0.29) is 19.0 Å². The molecular weight excluding hydrogens is 378 g/mol. The second-order valence-electron chi connectivity index (χ2n) is 6.22. The third-order valence-electron chi connectivity index (χ3n) is 4.09. The van der Waals surface area contributed by atoms with Crippen molar-refractivity contribution in [3.05, 3.63) is 53.9 Å². The summed E-state index contributed by atoms with van der Waals surface area (Å²) in [5.74, 6) is -0.615. The standard InChI is InChI=1S/C18H23F4N5O/c1-3-23-16(26-12-13-5-4-6-14(19)11-13)25-8-7-17(28,18(20,21)22)15-24-9-10-27(15)2/h4-6,9-11,28H,3,7-8,12H2,1-2H3,(H2,23,25,26). The van der Waals surface area contributed by atoms with Crippen molar-refractivity contribution in [2.24, 2.45) is 12.0 Å². The molecule has 2 aromatic rings. The third-order valence-corrected chi connectivity index (χ3v) is 4.09. The molecule has 0 amide bonds. The maximum atomic E-state index is 13.5. The zero-order chi connectivity index (χ0) is 20.8. The van der Waals surface area contributed by atoms with E-state index in [9.17, 15) is 22.7 Å². The number of alkyl halides is 3. The Morgan fingerprint density at radius 1 is 1.29 bits per heavy atom. The molecule has 28 heavy (non-hydrogen) atoms. The average Bonchev–Trinajstić information content (AvgIpc) is 3.05. The van der Waals surface area contributed by atoms with Gasteiger partial charge < -0.3 is 20.3 Å². The van der Waals surface area contributed by atoms with Gasteiger partial charge in [0.05, 0.1) is 6.54 Å². The lowest BCUT2D eigenvalue weighted by Crippen LogP contribution is -2.47. The van der Waals surface area contributed by atoms with E-state index in [2.05, 4.69) is 20.6 Å². The third kappa shape index (κ3) is 5.22. The van der Waals surface area contributed by atoms with Gasteiger partial charge in [-0.05, 0) is 24.6 Å². The van der Waals surface area contributed by atoms with Gasteiger partial charge in [-0.3, -0.25) is 0 Å². The first-order valence-electron chi connectivity index (χ1n) is 8.71. The molecule has 0 spiro atoms. The number of benzene rings is 1. The maximum Gasteiger partial charge on any atom is 0.424 e. The summed E-state index contributed by atoms with van der Waals surface area (Å²) in [6.07, 6.45) is -3.02. The van der Waals surface area contributed by atoms with Crippen LogP contribution >= 0.6 is 0 Å². The number of nitrogens with one attached hydrogen (secondary N) is 2. The van der Waals surface area contributed by atoms with E-state index in [4.69, 9.17) is 0 Å². The lowest BCUT2D eigenvalue weighted by Gasteiger charge is -2.30. The second-order valence-corrected chi connectivity index (χ2v) is 6.22. The fourth-order valence-corrected chi connectivity index (χ4v) is 2.65. The number of nitrogens with zero attached hydrogens (tertiary/aromatic N) is 3. The molecule has 0 saturated heterocycles. The molecule has 0 bridgehead atoms. The van der Waals surface area contributed by atoms with Gasteiger partial charge in [0, 0.05) is 39.0 Å². The van der Waals surface area contributed by atoms with Crippen LogP contribution in [0.3, 0.4) is 0 Å². The van der Waals surface area contributed by atoms with Crippen LogP contribution in [0, 0.1) is 5.82 Å². The predicted molar refractivity (Wildman–Crippen MR) is 97.0 cm³/mol. The number of imidazole rings is 1. The summed E-state index contributed by atoms with van der Waals surface area (Å²) < 4.78 is 54.9. The number of hydrogen-bond acceptors (Lipinski definition) is 3. The van der Waals surface area contributed by atoms with Crippen molar-refractivity contribution >= 4 is 5.96 Å². The van der Waals surface area contributed by atoms with Gasteiger partial charge in [-0.2, -0.15) is 13.2 Å². The molecule has 0 aliphatic carbocycles. The first-order chi connectivity index (χ1) is 13.2. The molecule has 0 aliphatic rings. The van der Waals surface area contributed by atoms with Crippen LogP contribution in [-0.4, -0.2) is 39.9 Å². The van der Waals surface area contributed by atoms with E-state index in [0.717, 1.165) is 4.57 Å². The molecule has 1 unspecified atom stereocenters. The van der Waals surface area contributed by atoms with Gasteiger partial charge in [0.15, 0.2) is 5.96 Å². The zero-order valence-corrected chi connectivity index (χ0v) is 15.6. The fraction of sp³-hybridized carbons (Fsp3) is 0.444. The highest BCUT2D eigenvalue weighted by molar-refractivity contribution is 5.79. The topological polar surface area (TPSA) is 74.5 Å². The van der Waals surface area contributed by atoms with Crippen LogP contribution < -0.4 is 10.6 Å². The summed E-state index contributed by atoms with van der Waals surface area (Å²) in [7, 11) is 1.39. The molecule has 1 heterocycles. The minimum absolute atomic E-state index is 0.149. The number of aliphatic imine (C=N–C) groups is 1. The van der Waals surface area contributed by atoms with Gasteiger partial charge >= 0.3 is 6.18 Å². The molecule has 0 radical (unpaired) electrons. The number of halogens is 4. The number of aromatic nitrogens is 2. The van der Waals surface area contributed by atoms with Gasteiger partial charge in [0.25, 0.3) is 0 Å². The Morgan fingerprint density at radius 2 is 2.04 bits per heavy atom. The number of aryl methyl sites for hydroxylation is 1. The van der Waals surface area contributed by atoms with E-state index in [1.807, 2.05) is 0 Å². The Kier molecular flexibility index (Phi) is 7.00. The summed E-state index contributed by atoms with van der Waals surface area (Å²) in [5, 5.41) is 16.0. The summed E-state index contributed by atoms with van der Waals surface area (Å²) in [5.41, 5.74) is -2.48. The monoisotopic (exact) mass is 401 g/mol. The second kappa shape index (κ2) is 9.05. The van der Waals surface area contributed by atoms with E-state index in [0.29, 0.717) is 12.1 Å². The van der Waals surface area contributed by atoms with Crippen LogP contribution in [0.1, 0.15) is 24.7 Å². The number of hydrogen-bond donors (Lipinski definition) is 3. The van der Waals surface area contributed by atoms with Crippen LogP contribution in [0.5, 0.6) is 0 Å². The smallest absolute Gasteiger partial charge is 0.374 e. The number of aliphatic hydroxyl groups is 1. The van der Waals surface area contributed by atoms with Crippen LogP contribution in [-0.2, 0) is 19.2 Å². The minimum atomic E-state index is -4.90. The van der Waals surface area contributed by atoms with Crippen molar-refractivity contribution < 1.29 is 22.7 Å². The van der Waals surface area contributed by atoms with E-state index >= 15 is 0 Å². The van der Waals surface area contributed by atoms with Gasteiger partial charge in [-0.15, -0.1) is 0 Å². The van der Waals surface area contributed by atoms with Crippen molar-refractivity contribution in [1.29, 1.82) is 0 Å². The molecule has 0 saturated carbocycles. The average molecular weight is 401 g/mol. The summed E-state index contributed by atoms with van der Waals surface area (Å²) in [4.78, 5) is 7.89. The molecule has 0 aliphatic heterocycles. The van der Waals surface area contributed by atoms with Gasteiger partial charge in [-0.25, -0.2) is 14.4 Å². The lowest BCUT2D eigenvalue weighted by atomic mass is 9.97. The van der Waals surface area contributed by atoms with Gasteiger partial charge in [-0.1, -0.05) is 12.1 Å². The Morgan fingerprint density at radius 3 is 2.61 bits per heavy atom. The minimum Gasteiger partial charge on any atom is -0.374 e. The molecular formula is C18H23F4N5O. The van der Waals surface area contributed by atoms with Crippen molar-refractivity contribution in [3.8, 4) is 0 Å². The summed E-state index contributed by atoms with van der Waals surface area (Å²) in [6.45, 7) is 2.23. The van der Waals surface area contributed by atoms with E-state index in [1.54, 1.807) is 19.1 Å². The molecule has 6 nitrogen and oxygen atoms in total. The Bertz CT molecular complexity index is 805. The first-order valence-corrected chi connectivity index (χ1v) is 8.71.